The number of thiazole rings is 1. The first-order valence-corrected chi connectivity index (χ1v) is 6.24. The lowest BCUT2D eigenvalue weighted by atomic mass is 10.2. The van der Waals surface area contributed by atoms with Crippen molar-refractivity contribution >= 4 is 46.1 Å². The van der Waals surface area contributed by atoms with Crippen molar-refractivity contribution in [3.63, 3.8) is 0 Å². The Bertz CT molecular complexity index is 605. The predicted octanol–water partition coefficient (Wildman–Crippen LogP) is 3.33. The van der Waals surface area contributed by atoms with E-state index in [9.17, 15) is 5.11 Å². The molecule has 1 N–H and O–H groups in total. The number of thiol groups is 1. The molecule has 0 fully saturated rings. The van der Waals surface area contributed by atoms with Crippen LogP contribution in [0, 0.1) is 6.92 Å². The van der Waals surface area contributed by atoms with Crippen LogP contribution in [-0.2, 0) is 0 Å². The maximum Gasteiger partial charge on any atom is 0.172 e. The molecule has 6 heteroatoms. The highest BCUT2D eigenvalue weighted by atomic mass is 32.1. The number of benzene rings is 1. The zero-order chi connectivity index (χ0) is 12.6. The molecule has 90 valence electrons. The molecule has 0 aliphatic rings. The molecule has 0 aliphatic carbocycles. The minimum atomic E-state index is 0.107. The first-order chi connectivity index (χ1) is 8.10. The molecule has 0 saturated heterocycles. The van der Waals surface area contributed by atoms with E-state index in [0.717, 1.165) is 5.01 Å². The van der Waals surface area contributed by atoms with Crippen LogP contribution in [0.2, 0.25) is 0 Å². The second-order valence-corrected chi connectivity index (χ2v) is 5.03. The summed E-state index contributed by atoms with van der Waals surface area (Å²) in [6.07, 6.45) is 1.63. The number of hydrogen-bond acceptors (Lipinski definition) is 6. The fourth-order valence-corrected chi connectivity index (χ4v) is 2.84. The number of aromatic hydroxyl groups is 1. The molecule has 1 aromatic carbocycles. The Balaban J connectivity index is 2.94. The Hall–Kier alpha value is -1.27. The lowest BCUT2D eigenvalue weighted by Gasteiger charge is -2.09. The first kappa shape index (κ1) is 12.2. The summed E-state index contributed by atoms with van der Waals surface area (Å²) in [7, 11) is 1.56. The number of hydrogen-bond donors (Lipinski definition) is 2. The van der Waals surface area contributed by atoms with Crippen molar-refractivity contribution < 1.29 is 9.84 Å². The van der Waals surface area contributed by atoms with Crippen molar-refractivity contribution in [2.45, 2.75) is 18.7 Å². The second-order valence-electron chi connectivity index (χ2n) is 3.38. The van der Waals surface area contributed by atoms with Crippen molar-refractivity contribution in [1.82, 2.24) is 4.98 Å². The number of nitrogens with zero attached hydrogens (tertiary/aromatic N) is 2. The Kier molecular flexibility index (Phi) is 3.26. The smallest absolute Gasteiger partial charge is 0.172 e. The van der Waals surface area contributed by atoms with Crippen LogP contribution >= 0.6 is 24.0 Å². The molecule has 0 saturated carbocycles. The largest absolute Gasteiger partial charge is 0.505 e. The van der Waals surface area contributed by atoms with E-state index in [2.05, 4.69) is 22.6 Å². The minimum absolute atomic E-state index is 0.107. The van der Waals surface area contributed by atoms with Crippen LogP contribution in [0.1, 0.15) is 11.9 Å². The lowest BCUT2D eigenvalue weighted by Crippen LogP contribution is -1.88. The fourth-order valence-electron chi connectivity index (χ4n) is 1.62. The monoisotopic (exact) mass is 268 g/mol. The normalized spacial score (nSPS) is 11.5. The highest BCUT2D eigenvalue weighted by Crippen LogP contribution is 2.48. The van der Waals surface area contributed by atoms with Crippen LogP contribution in [-0.4, -0.2) is 23.4 Å². The minimum Gasteiger partial charge on any atom is -0.505 e. The third kappa shape index (κ3) is 1.87. The molecule has 0 radical (unpaired) electrons. The Morgan fingerprint density at radius 1 is 1.53 bits per heavy atom. The number of fused-ring (bicyclic) bond motifs is 1. The first-order valence-electron chi connectivity index (χ1n) is 4.97. The van der Waals surface area contributed by atoms with Crippen LogP contribution in [0.3, 0.4) is 0 Å². The zero-order valence-corrected chi connectivity index (χ0v) is 11.4. The predicted molar refractivity (Wildman–Crippen MR) is 73.7 cm³/mol. The van der Waals surface area contributed by atoms with Gasteiger partial charge in [-0.05, 0) is 13.8 Å². The molecule has 0 bridgehead atoms. The topological polar surface area (TPSA) is 54.7 Å². The molecule has 1 heterocycles. The average molecular weight is 268 g/mol. The van der Waals surface area contributed by atoms with Gasteiger partial charge in [0.25, 0.3) is 0 Å². The summed E-state index contributed by atoms with van der Waals surface area (Å²) in [6.45, 7) is 3.67. The van der Waals surface area contributed by atoms with Gasteiger partial charge in [-0.15, -0.1) is 24.0 Å². The molecule has 1 aromatic heterocycles. The molecule has 2 aromatic rings. The lowest BCUT2D eigenvalue weighted by molar-refractivity contribution is 0.416. The number of ether oxygens (including phenoxy) is 1. The SMILES string of the molecule is CC=Nc1c(S)c(O)c2sc(C)nc2c1OC. The molecule has 0 amide bonds. The maximum atomic E-state index is 10.1. The van der Waals surface area contributed by atoms with Gasteiger partial charge in [0.05, 0.1) is 17.0 Å². The van der Waals surface area contributed by atoms with Crippen LogP contribution in [0.4, 0.5) is 5.69 Å². The number of phenolic OH excluding ortho intramolecular Hbond substituents is 1. The van der Waals surface area contributed by atoms with Crippen molar-refractivity contribution in [3.05, 3.63) is 5.01 Å². The van der Waals surface area contributed by atoms with Crippen molar-refractivity contribution in [2.75, 3.05) is 7.11 Å². The zero-order valence-electron chi connectivity index (χ0n) is 9.68. The van der Waals surface area contributed by atoms with Crippen LogP contribution in [0.15, 0.2) is 9.89 Å². The number of rotatable bonds is 2. The van der Waals surface area contributed by atoms with Gasteiger partial charge < -0.3 is 9.84 Å². The fraction of sp³-hybridized carbons (Fsp3) is 0.273. The van der Waals surface area contributed by atoms with Crippen molar-refractivity contribution in [3.8, 4) is 11.5 Å². The Morgan fingerprint density at radius 2 is 2.24 bits per heavy atom. The van der Waals surface area contributed by atoms with Gasteiger partial charge in [0.15, 0.2) is 11.5 Å². The van der Waals surface area contributed by atoms with E-state index in [0.29, 0.717) is 26.5 Å². The molecule has 0 unspecified atom stereocenters. The second kappa shape index (κ2) is 4.54. The molecule has 17 heavy (non-hydrogen) atoms. The quantitative estimate of drug-likeness (QED) is 0.649. The van der Waals surface area contributed by atoms with E-state index >= 15 is 0 Å². The third-order valence-corrected chi connectivity index (χ3v) is 3.69. The Labute approximate surface area is 108 Å². The summed E-state index contributed by atoms with van der Waals surface area (Å²) in [6, 6.07) is 0. The highest BCUT2D eigenvalue weighted by Gasteiger charge is 2.20. The Morgan fingerprint density at radius 3 is 2.82 bits per heavy atom. The van der Waals surface area contributed by atoms with E-state index in [-0.39, 0.29) is 5.75 Å². The molecule has 0 spiro atoms. The average Bonchev–Trinajstić information content (AvgIpc) is 2.68. The summed E-state index contributed by atoms with van der Waals surface area (Å²) in [5.41, 5.74) is 1.14. The number of aromatic nitrogens is 1. The van der Waals surface area contributed by atoms with Gasteiger partial charge >= 0.3 is 0 Å². The van der Waals surface area contributed by atoms with Gasteiger partial charge in [0, 0.05) is 6.21 Å². The van der Waals surface area contributed by atoms with Gasteiger partial charge in [-0.2, -0.15) is 0 Å². The highest BCUT2D eigenvalue weighted by molar-refractivity contribution is 7.80. The number of phenols is 1. The molecular formula is C11H12N2O2S2. The van der Waals surface area contributed by atoms with Gasteiger partial charge in [-0.3, -0.25) is 4.99 Å². The van der Waals surface area contributed by atoms with Crippen LogP contribution in [0.5, 0.6) is 11.5 Å². The molecule has 4 nitrogen and oxygen atoms in total. The third-order valence-electron chi connectivity index (χ3n) is 2.29. The maximum absolute atomic E-state index is 10.1. The summed E-state index contributed by atoms with van der Waals surface area (Å²) in [4.78, 5) is 8.94. The summed E-state index contributed by atoms with van der Waals surface area (Å²) >= 11 is 5.70. The number of aryl methyl sites for hydroxylation is 1. The van der Waals surface area contributed by atoms with Gasteiger partial charge in [0.1, 0.15) is 15.9 Å². The van der Waals surface area contributed by atoms with Gasteiger partial charge in [-0.1, -0.05) is 0 Å². The van der Waals surface area contributed by atoms with E-state index in [4.69, 9.17) is 4.74 Å². The van der Waals surface area contributed by atoms with Gasteiger partial charge in [-0.25, -0.2) is 4.98 Å². The molecular weight excluding hydrogens is 256 g/mol. The van der Waals surface area contributed by atoms with E-state index in [1.807, 2.05) is 6.92 Å². The van der Waals surface area contributed by atoms with Crippen molar-refractivity contribution in [1.29, 1.82) is 0 Å². The summed E-state index contributed by atoms with van der Waals surface area (Å²) < 4.78 is 6.01. The molecule has 2 rings (SSSR count). The van der Waals surface area contributed by atoms with Crippen LogP contribution in [0.25, 0.3) is 10.2 Å². The number of aliphatic imine (C=N–C) groups is 1. The summed E-state index contributed by atoms with van der Waals surface area (Å²) in [5.74, 6) is 0.653. The van der Waals surface area contributed by atoms with Gasteiger partial charge in [0.2, 0.25) is 0 Å². The van der Waals surface area contributed by atoms with E-state index in [1.54, 1.807) is 20.2 Å². The van der Waals surface area contributed by atoms with E-state index < -0.39 is 0 Å². The standard InChI is InChI=1S/C11H12N2O2S2/c1-4-12-6-9(15-3)7-11(8(14)10(6)16)17-5(2)13-7/h4,14,16H,1-3H3. The van der Waals surface area contributed by atoms with Crippen molar-refractivity contribution in [2.24, 2.45) is 4.99 Å². The molecule has 0 atom stereocenters. The molecule has 0 aliphatic heterocycles. The van der Waals surface area contributed by atoms with E-state index in [1.165, 1.54) is 11.3 Å². The summed E-state index contributed by atoms with van der Waals surface area (Å²) in [5, 5.41) is 10.9. The van der Waals surface area contributed by atoms with Crippen LogP contribution < -0.4 is 4.74 Å². The number of methoxy groups -OCH3 is 1.